The Morgan fingerprint density at radius 3 is 1.18 bits per heavy atom. The monoisotopic (exact) mass is 1210 g/mol. The van der Waals surface area contributed by atoms with Crippen LogP contribution in [-0.2, 0) is 54.8 Å². The number of amides is 8. The zero-order valence-electron chi connectivity index (χ0n) is 51.8. The van der Waals surface area contributed by atoms with Crippen molar-refractivity contribution in [3.8, 4) is 5.75 Å². The van der Waals surface area contributed by atoms with E-state index in [-0.39, 0.29) is 86.6 Å². The number of carbonyl (C=O) groups excluding carboxylic acids is 8. The van der Waals surface area contributed by atoms with Crippen molar-refractivity contribution in [1.82, 2.24) is 41.5 Å². The van der Waals surface area contributed by atoms with Crippen molar-refractivity contribution >= 4 is 57.3 Å². The lowest BCUT2D eigenvalue weighted by Gasteiger charge is -2.29. The van der Waals surface area contributed by atoms with E-state index < -0.39 is 112 Å². The van der Waals surface area contributed by atoms with Gasteiger partial charge in [-0.25, -0.2) is 8.42 Å². The summed E-state index contributed by atoms with van der Waals surface area (Å²) in [6, 6.07) is 6.01. The van der Waals surface area contributed by atoms with Gasteiger partial charge in [0, 0.05) is 12.6 Å². The molecule has 0 fully saturated rings. The number of nitrogens with two attached hydrogens (primary N) is 5. The van der Waals surface area contributed by atoms with E-state index in [1.165, 1.54) is 31.4 Å². The summed E-state index contributed by atoms with van der Waals surface area (Å²) < 4.78 is 34.7. The number of primary amides is 1. The fourth-order valence-corrected chi connectivity index (χ4v) is 11.0. The van der Waals surface area contributed by atoms with Gasteiger partial charge in [0.15, 0.2) is 0 Å². The maximum atomic E-state index is 14.5. The molecule has 0 aliphatic heterocycles. The van der Waals surface area contributed by atoms with Crippen LogP contribution < -0.4 is 70.6 Å². The summed E-state index contributed by atoms with van der Waals surface area (Å²) in [4.78, 5) is 112. The Morgan fingerprint density at radius 1 is 0.482 bits per heavy atom. The number of unbranched alkanes of at least 4 members (excludes halogenated alkanes) is 3. The average molecular weight is 1210 g/mol. The lowest BCUT2D eigenvalue weighted by Crippen LogP contribution is -2.60. The van der Waals surface area contributed by atoms with Crippen molar-refractivity contribution in [1.29, 1.82) is 0 Å². The number of methoxy groups -OCH3 is 1. The van der Waals surface area contributed by atoms with Gasteiger partial charge in [0.05, 0.1) is 18.6 Å². The highest BCUT2D eigenvalue weighted by Crippen LogP contribution is 2.21. The van der Waals surface area contributed by atoms with Crippen LogP contribution in [0.25, 0.3) is 0 Å². The van der Waals surface area contributed by atoms with Crippen LogP contribution in [0.15, 0.2) is 59.5 Å². The smallest absolute Gasteiger partial charge is 0.243 e. The van der Waals surface area contributed by atoms with E-state index in [2.05, 4.69) is 37.2 Å². The average Bonchev–Trinajstić information content (AvgIpc) is 3.27. The molecule has 8 amide bonds. The molecule has 0 radical (unpaired) electrons. The Bertz CT molecular complexity index is 2490. The molecule has 2 aromatic rings. The van der Waals surface area contributed by atoms with Crippen LogP contribution in [0.3, 0.4) is 0 Å². The normalized spacial score (nSPS) is 14.6. The number of carbonyl (C=O) groups is 8. The topological polar surface area (TPSA) is 397 Å². The second-order valence-electron chi connectivity index (χ2n) is 23.7. The number of sulfonamides is 1. The highest BCUT2D eigenvalue weighted by Gasteiger charge is 2.36. The summed E-state index contributed by atoms with van der Waals surface area (Å²) in [5.74, 6) is -5.63. The minimum absolute atomic E-state index is 0.0254. The fourth-order valence-electron chi connectivity index (χ4n) is 9.53. The van der Waals surface area contributed by atoms with E-state index in [0.717, 1.165) is 9.87 Å². The lowest BCUT2D eigenvalue weighted by atomic mass is 9.98. The van der Waals surface area contributed by atoms with Gasteiger partial charge in [0.2, 0.25) is 57.3 Å². The number of nitrogens with one attached hydrogen (secondary N) is 7. The molecule has 24 nitrogen and oxygen atoms in total. The second kappa shape index (κ2) is 39.4. The van der Waals surface area contributed by atoms with Crippen molar-refractivity contribution < 1.29 is 51.5 Å². The van der Waals surface area contributed by atoms with Gasteiger partial charge in [-0.1, -0.05) is 85.7 Å². The van der Waals surface area contributed by atoms with Crippen LogP contribution in [0.4, 0.5) is 0 Å². The molecule has 2 aromatic carbocycles. The summed E-state index contributed by atoms with van der Waals surface area (Å²) in [6.45, 7) is 14.8. The standard InChI is InChI=1S/C60H103N13O11S/c1-38(2)31-49(54(65)75)69-59(80)51(33-40(5)6)71-57(78)48(23-15-18-30-63)67-56(77)47(22-14-17-29-62)68-58(79)50(32-39(3)4)72-60(81)52(34-41(7)8)70-55(76)46(21-13-16-28-61)66-53(74)37-73(36-43(64)35-42-19-11-10-12-20-42)85(82,83)45-26-24-44(84-9)25-27-45/h10-12,19-20,24-27,38-41,43,46-52H,13-18,21-23,28-37,61-64H2,1-9H3,(H2,65,75)(H,66,74)(H,67,77)(H,68,79)(H,69,80)(H,70,76)(H,71,78)(H,72,81)/t43-,46-,47-,48-,49-,50-,51-,52-/m0/s1. The molecule has 25 heteroatoms. The quantitative estimate of drug-likeness (QED) is 0.0421. The highest BCUT2D eigenvalue weighted by molar-refractivity contribution is 7.89. The van der Waals surface area contributed by atoms with Crippen LogP contribution in [0.1, 0.15) is 144 Å². The van der Waals surface area contributed by atoms with E-state index in [9.17, 15) is 46.8 Å². The van der Waals surface area contributed by atoms with Crippen LogP contribution in [0.2, 0.25) is 0 Å². The number of hydrogen-bond donors (Lipinski definition) is 12. The van der Waals surface area contributed by atoms with Gasteiger partial charge >= 0.3 is 0 Å². The number of rotatable bonds is 43. The highest BCUT2D eigenvalue weighted by atomic mass is 32.2. The first kappa shape index (κ1) is 74.8. The number of benzene rings is 2. The molecule has 2 rings (SSSR count). The van der Waals surface area contributed by atoms with Gasteiger partial charge in [-0.05, 0) is 163 Å². The Labute approximate surface area is 504 Å². The summed E-state index contributed by atoms with van der Waals surface area (Å²) in [6.07, 6.45) is 4.01. The molecule has 0 bridgehead atoms. The van der Waals surface area contributed by atoms with Crippen molar-refractivity contribution in [3.63, 3.8) is 0 Å². The van der Waals surface area contributed by atoms with Crippen LogP contribution in [-0.4, -0.2) is 148 Å². The zero-order chi connectivity index (χ0) is 63.8. The molecule has 8 atom stereocenters. The zero-order valence-corrected chi connectivity index (χ0v) is 52.6. The largest absolute Gasteiger partial charge is 0.497 e. The second-order valence-corrected chi connectivity index (χ2v) is 25.6. The van der Waals surface area contributed by atoms with Gasteiger partial charge in [0.1, 0.15) is 48.0 Å². The number of ether oxygens (including phenoxy) is 1. The van der Waals surface area contributed by atoms with Crippen molar-refractivity contribution in [2.24, 2.45) is 52.3 Å². The molecule has 0 spiro atoms. The van der Waals surface area contributed by atoms with Crippen molar-refractivity contribution in [3.05, 3.63) is 60.2 Å². The molecule has 0 saturated carbocycles. The lowest BCUT2D eigenvalue weighted by molar-refractivity contribution is -0.136. The van der Waals surface area contributed by atoms with Gasteiger partial charge in [-0.3, -0.25) is 38.4 Å². The Balaban J connectivity index is 2.47. The maximum Gasteiger partial charge on any atom is 0.243 e. The molecule has 480 valence electrons. The minimum Gasteiger partial charge on any atom is -0.497 e. The van der Waals surface area contributed by atoms with E-state index in [1.54, 1.807) is 0 Å². The van der Waals surface area contributed by atoms with Gasteiger partial charge in [-0.15, -0.1) is 0 Å². The third-order valence-electron chi connectivity index (χ3n) is 13.9. The predicted octanol–water partition coefficient (Wildman–Crippen LogP) is 1.71. The first-order valence-corrected chi connectivity index (χ1v) is 31.5. The Hall–Kier alpha value is -6.25. The third-order valence-corrected chi connectivity index (χ3v) is 15.8. The van der Waals surface area contributed by atoms with E-state index >= 15 is 0 Å². The van der Waals surface area contributed by atoms with Gasteiger partial charge < -0.3 is 70.6 Å². The molecule has 0 heterocycles. The van der Waals surface area contributed by atoms with Crippen molar-refractivity contribution in [2.45, 2.75) is 199 Å². The van der Waals surface area contributed by atoms with Crippen LogP contribution >= 0.6 is 0 Å². The fraction of sp³-hybridized carbons (Fsp3) is 0.667. The molecule has 0 aliphatic carbocycles. The summed E-state index contributed by atoms with van der Waals surface area (Å²) in [7, 11) is -2.90. The third kappa shape index (κ3) is 28.7. The van der Waals surface area contributed by atoms with Gasteiger partial charge in [-0.2, -0.15) is 4.31 Å². The number of nitrogens with zero attached hydrogens (tertiary/aromatic N) is 1. The van der Waals surface area contributed by atoms with E-state index in [0.29, 0.717) is 63.8 Å². The first-order chi connectivity index (χ1) is 40.1. The molecule has 0 aliphatic rings. The SMILES string of the molecule is COc1ccc(S(=O)(=O)N(CC(=O)N[C@@H](CCCCN)C(=O)N[C@@H](CC(C)C)C(=O)N[C@@H](CC(C)C)C(=O)N[C@@H](CCCCN)C(=O)N[C@@H](CCCCN)C(=O)N[C@@H](CC(C)C)C(=O)N[C@@H](CC(C)C)C(N)=O)C[C@@H](N)Cc2ccccc2)cc1. The number of hydrogen-bond acceptors (Lipinski definition) is 15. The van der Waals surface area contributed by atoms with Gasteiger partial charge in [0.25, 0.3) is 0 Å². The molecule has 0 saturated heterocycles. The molecule has 85 heavy (non-hydrogen) atoms. The summed E-state index contributed by atoms with van der Waals surface area (Å²) in [5.41, 5.74) is 30.5. The Morgan fingerprint density at radius 2 is 0.824 bits per heavy atom. The van der Waals surface area contributed by atoms with Crippen LogP contribution in [0.5, 0.6) is 5.75 Å². The van der Waals surface area contributed by atoms with E-state index in [4.69, 9.17) is 33.4 Å². The maximum absolute atomic E-state index is 14.5. The Kier molecular flexibility index (Phi) is 34.7. The summed E-state index contributed by atoms with van der Waals surface area (Å²) >= 11 is 0. The van der Waals surface area contributed by atoms with Crippen LogP contribution in [0, 0.1) is 23.7 Å². The molecular formula is C60H103N13O11S. The summed E-state index contributed by atoms with van der Waals surface area (Å²) in [5, 5.41) is 19.4. The van der Waals surface area contributed by atoms with Crippen molar-refractivity contribution in [2.75, 3.05) is 39.8 Å². The first-order valence-electron chi connectivity index (χ1n) is 30.1. The minimum atomic E-state index is -4.34. The van der Waals surface area contributed by atoms with E-state index in [1.807, 2.05) is 85.7 Å². The molecule has 0 unspecified atom stereocenters. The molecule has 17 N–H and O–H groups in total. The molecular weight excluding hydrogens is 1110 g/mol. The molecule has 0 aromatic heterocycles. The predicted molar refractivity (Wildman–Crippen MR) is 329 cm³/mol.